The van der Waals surface area contributed by atoms with Gasteiger partial charge in [0.2, 0.25) is 5.91 Å². The molecule has 0 fully saturated rings. The van der Waals surface area contributed by atoms with E-state index in [-0.39, 0.29) is 30.7 Å². The summed E-state index contributed by atoms with van der Waals surface area (Å²) >= 11 is 3.33. The maximum atomic E-state index is 12.4. The van der Waals surface area contributed by atoms with Crippen molar-refractivity contribution in [2.24, 2.45) is 0 Å². The fourth-order valence-corrected chi connectivity index (χ4v) is 3.21. The molecular formula is C25H24BrN3O3. The van der Waals surface area contributed by atoms with Gasteiger partial charge in [-0.15, -0.1) is 0 Å². The fourth-order valence-electron chi connectivity index (χ4n) is 2.95. The van der Waals surface area contributed by atoms with E-state index < -0.39 is 0 Å². The molecule has 0 unspecified atom stereocenters. The van der Waals surface area contributed by atoms with Crippen LogP contribution >= 0.6 is 15.9 Å². The molecule has 0 saturated heterocycles. The van der Waals surface area contributed by atoms with Gasteiger partial charge in [0.05, 0.1) is 0 Å². The predicted octanol–water partition coefficient (Wildman–Crippen LogP) is 4.45. The van der Waals surface area contributed by atoms with Gasteiger partial charge in [0, 0.05) is 40.8 Å². The first kappa shape index (κ1) is 23.2. The molecule has 3 amide bonds. The Labute approximate surface area is 195 Å². The number of benzene rings is 3. The van der Waals surface area contributed by atoms with Crippen molar-refractivity contribution in [3.8, 4) is 0 Å². The highest BCUT2D eigenvalue weighted by Gasteiger charge is 2.08. The lowest BCUT2D eigenvalue weighted by Gasteiger charge is -2.10. The first-order chi connectivity index (χ1) is 15.4. The molecule has 6 nitrogen and oxygen atoms in total. The lowest BCUT2D eigenvalue weighted by atomic mass is 10.1. The largest absolute Gasteiger partial charge is 0.352 e. The lowest BCUT2D eigenvalue weighted by molar-refractivity contribution is -0.121. The van der Waals surface area contributed by atoms with Crippen LogP contribution in [0.2, 0.25) is 0 Å². The highest BCUT2D eigenvalue weighted by atomic mass is 79.9. The van der Waals surface area contributed by atoms with Crippen LogP contribution < -0.4 is 16.0 Å². The maximum Gasteiger partial charge on any atom is 0.255 e. The third kappa shape index (κ3) is 7.06. The van der Waals surface area contributed by atoms with E-state index in [9.17, 15) is 14.4 Å². The molecule has 7 heteroatoms. The van der Waals surface area contributed by atoms with Gasteiger partial charge in [0.25, 0.3) is 11.8 Å². The van der Waals surface area contributed by atoms with E-state index in [1.54, 1.807) is 42.5 Å². The van der Waals surface area contributed by atoms with Crippen molar-refractivity contribution in [1.29, 1.82) is 0 Å². The summed E-state index contributed by atoms with van der Waals surface area (Å²) in [5.41, 5.74) is 3.73. The van der Waals surface area contributed by atoms with Crippen LogP contribution in [0.4, 0.5) is 5.69 Å². The molecule has 164 valence electrons. The lowest BCUT2D eigenvalue weighted by Crippen LogP contribution is -2.30. The van der Waals surface area contributed by atoms with Crippen molar-refractivity contribution >= 4 is 39.3 Å². The average molecular weight is 494 g/mol. The van der Waals surface area contributed by atoms with E-state index in [1.807, 2.05) is 37.3 Å². The molecule has 0 spiro atoms. The summed E-state index contributed by atoms with van der Waals surface area (Å²) in [5, 5.41) is 8.43. The topological polar surface area (TPSA) is 87.3 Å². The van der Waals surface area contributed by atoms with Crippen LogP contribution in [-0.2, 0) is 11.3 Å². The van der Waals surface area contributed by atoms with E-state index in [0.717, 1.165) is 15.6 Å². The Morgan fingerprint density at radius 2 is 1.47 bits per heavy atom. The second-order valence-electron chi connectivity index (χ2n) is 7.31. The van der Waals surface area contributed by atoms with Gasteiger partial charge in [-0.3, -0.25) is 14.4 Å². The number of halogens is 1. The van der Waals surface area contributed by atoms with Crippen LogP contribution in [-0.4, -0.2) is 24.3 Å². The molecule has 0 saturated carbocycles. The summed E-state index contributed by atoms with van der Waals surface area (Å²) in [7, 11) is 0. The number of carbonyl (C=O) groups excluding carboxylic acids is 3. The van der Waals surface area contributed by atoms with E-state index >= 15 is 0 Å². The Morgan fingerprint density at radius 3 is 2.19 bits per heavy atom. The molecule has 3 aromatic rings. The molecule has 0 heterocycles. The van der Waals surface area contributed by atoms with E-state index in [4.69, 9.17) is 0 Å². The Bertz CT molecular complexity index is 1100. The molecule has 0 aliphatic carbocycles. The Kier molecular flexibility index (Phi) is 8.16. The molecule has 3 N–H and O–H groups in total. The summed E-state index contributed by atoms with van der Waals surface area (Å²) < 4.78 is 0.896. The Morgan fingerprint density at radius 1 is 0.812 bits per heavy atom. The van der Waals surface area contributed by atoms with Crippen LogP contribution in [0, 0.1) is 6.92 Å². The van der Waals surface area contributed by atoms with E-state index in [2.05, 4.69) is 31.9 Å². The van der Waals surface area contributed by atoms with Gasteiger partial charge in [-0.2, -0.15) is 0 Å². The van der Waals surface area contributed by atoms with Gasteiger partial charge in [-0.05, 0) is 61.0 Å². The van der Waals surface area contributed by atoms with Crippen molar-refractivity contribution < 1.29 is 14.4 Å². The molecule has 3 rings (SSSR count). The van der Waals surface area contributed by atoms with Crippen LogP contribution in [0.3, 0.4) is 0 Å². The third-order valence-electron chi connectivity index (χ3n) is 4.73. The molecule has 0 aliphatic heterocycles. The highest BCUT2D eigenvalue weighted by molar-refractivity contribution is 9.10. The number of rotatable bonds is 8. The van der Waals surface area contributed by atoms with Crippen molar-refractivity contribution in [1.82, 2.24) is 10.6 Å². The number of aryl methyl sites for hydroxylation is 1. The van der Waals surface area contributed by atoms with E-state index in [1.165, 1.54) is 0 Å². The second kappa shape index (κ2) is 11.2. The zero-order chi connectivity index (χ0) is 22.9. The fraction of sp³-hybridized carbons (Fsp3) is 0.160. The van der Waals surface area contributed by atoms with Crippen molar-refractivity contribution in [3.05, 3.63) is 99.5 Å². The first-order valence-electron chi connectivity index (χ1n) is 10.2. The zero-order valence-corrected chi connectivity index (χ0v) is 19.2. The minimum Gasteiger partial charge on any atom is -0.352 e. The summed E-state index contributed by atoms with van der Waals surface area (Å²) in [4.78, 5) is 36.6. The molecular weight excluding hydrogens is 470 g/mol. The summed E-state index contributed by atoms with van der Waals surface area (Å²) in [6, 6.07) is 21.7. The summed E-state index contributed by atoms with van der Waals surface area (Å²) in [6.07, 6.45) is 0.173. The van der Waals surface area contributed by atoms with Crippen molar-refractivity contribution in [2.75, 3.05) is 11.9 Å². The van der Waals surface area contributed by atoms with E-state index in [0.29, 0.717) is 23.4 Å². The molecule has 0 radical (unpaired) electrons. The van der Waals surface area contributed by atoms with Crippen LogP contribution in [0.5, 0.6) is 0 Å². The Hall–Kier alpha value is -3.45. The van der Waals surface area contributed by atoms with Gasteiger partial charge in [0.1, 0.15) is 0 Å². The minimum atomic E-state index is -0.220. The van der Waals surface area contributed by atoms with Crippen molar-refractivity contribution in [2.45, 2.75) is 19.9 Å². The van der Waals surface area contributed by atoms with Crippen LogP contribution in [0.15, 0.2) is 77.3 Å². The van der Waals surface area contributed by atoms with Gasteiger partial charge < -0.3 is 16.0 Å². The smallest absolute Gasteiger partial charge is 0.255 e. The molecule has 0 atom stereocenters. The van der Waals surface area contributed by atoms with Gasteiger partial charge in [-0.25, -0.2) is 0 Å². The number of anilines is 1. The maximum absolute atomic E-state index is 12.4. The predicted molar refractivity (Wildman–Crippen MR) is 129 cm³/mol. The van der Waals surface area contributed by atoms with Gasteiger partial charge >= 0.3 is 0 Å². The summed E-state index contributed by atoms with van der Waals surface area (Å²) in [6.45, 7) is 2.54. The molecule has 0 bridgehead atoms. The monoisotopic (exact) mass is 493 g/mol. The molecule has 0 aliphatic rings. The van der Waals surface area contributed by atoms with Crippen LogP contribution in [0.25, 0.3) is 0 Å². The number of amides is 3. The van der Waals surface area contributed by atoms with Crippen LogP contribution in [0.1, 0.15) is 38.3 Å². The second-order valence-corrected chi connectivity index (χ2v) is 8.23. The molecule has 0 aromatic heterocycles. The SMILES string of the molecule is Cc1ccc(C(=O)Nc2cccc(CNC(=O)CCNC(=O)c3ccc(Br)cc3)c2)cc1. The Balaban J connectivity index is 1.43. The van der Waals surface area contributed by atoms with Gasteiger partial charge in [0.15, 0.2) is 0 Å². The van der Waals surface area contributed by atoms with Crippen molar-refractivity contribution in [3.63, 3.8) is 0 Å². The minimum absolute atomic E-state index is 0.171. The quantitative estimate of drug-likeness (QED) is 0.433. The number of nitrogens with one attached hydrogen (secondary N) is 3. The number of carbonyl (C=O) groups is 3. The standard InChI is InChI=1S/C25H24BrN3O3/c1-17-5-7-20(8-6-17)25(32)29-22-4-2-3-18(15-22)16-28-23(30)13-14-27-24(31)19-9-11-21(26)12-10-19/h2-12,15H,13-14,16H2,1H3,(H,27,31)(H,28,30)(H,29,32). The summed E-state index contributed by atoms with van der Waals surface area (Å²) in [5.74, 6) is -0.578. The van der Waals surface area contributed by atoms with Gasteiger partial charge in [-0.1, -0.05) is 45.8 Å². The average Bonchev–Trinajstić information content (AvgIpc) is 2.79. The first-order valence-corrected chi connectivity index (χ1v) is 11.0. The number of hydrogen-bond acceptors (Lipinski definition) is 3. The molecule has 3 aromatic carbocycles. The molecule has 32 heavy (non-hydrogen) atoms. The third-order valence-corrected chi connectivity index (χ3v) is 5.26. The zero-order valence-electron chi connectivity index (χ0n) is 17.7. The number of hydrogen-bond donors (Lipinski definition) is 3. The highest BCUT2D eigenvalue weighted by Crippen LogP contribution is 2.13. The normalized spacial score (nSPS) is 10.3.